The standard InChI is InChI=1S/C14H23N5O2/c1-5-10(15)8-19-9(4)16-12-11(19)13(20)18(7-3)14(21)17(12)6-2/h10H,5-8,15H2,1-4H3. The molecule has 0 bridgehead atoms. The third-order valence-electron chi connectivity index (χ3n) is 3.88. The number of nitrogens with two attached hydrogens (primary N) is 1. The van der Waals surface area contributed by atoms with Crippen LogP contribution in [0.25, 0.3) is 11.2 Å². The van der Waals surface area contributed by atoms with Crippen molar-refractivity contribution in [1.29, 1.82) is 0 Å². The first-order valence-electron chi connectivity index (χ1n) is 7.42. The summed E-state index contributed by atoms with van der Waals surface area (Å²) < 4.78 is 4.63. The van der Waals surface area contributed by atoms with Gasteiger partial charge in [-0.15, -0.1) is 0 Å². The van der Waals surface area contributed by atoms with Gasteiger partial charge in [-0.1, -0.05) is 6.92 Å². The van der Waals surface area contributed by atoms with E-state index in [-0.39, 0.29) is 17.3 Å². The van der Waals surface area contributed by atoms with Crippen LogP contribution in [0.4, 0.5) is 0 Å². The van der Waals surface area contributed by atoms with Gasteiger partial charge in [0.25, 0.3) is 5.56 Å². The summed E-state index contributed by atoms with van der Waals surface area (Å²) in [5, 5.41) is 0. The summed E-state index contributed by atoms with van der Waals surface area (Å²) in [6, 6.07) is -0.0439. The monoisotopic (exact) mass is 293 g/mol. The van der Waals surface area contributed by atoms with E-state index < -0.39 is 0 Å². The molecule has 0 amide bonds. The highest BCUT2D eigenvalue weighted by atomic mass is 16.2. The largest absolute Gasteiger partial charge is 0.332 e. The Kier molecular flexibility index (Phi) is 4.32. The average Bonchev–Trinajstić information content (AvgIpc) is 2.77. The number of hydrogen-bond donors (Lipinski definition) is 1. The van der Waals surface area contributed by atoms with E-state index in [0.717, 1.165) is 6.42 Å². The molecule has 2 aromatic heterocycles. The molecule has 0 aromatic carbocycles. The molecular weight excluding hydrogens is 270 g/mol. The van der Waals surface area contributed by atoms with Crippen LogP contribution in [-0.2, 0) is 19.6 Å². The lowest BCUT2D eigenvalue weighted by Gasteiger charge is -2.13. The van der Waals surface area contributed by atoms with Crippen molar-refractivity contribution in [2.45, 2.75) is 59.8 Å². The van der Waals surface area contributed by atoms with Gasteiger partial charge in [0.15, 0.2) is 11.2 Å². The molecule has 0 aliphatic rings. The maximum Gasteiger partial charge on any atom is 0.332 e. The van der Waals surface area contributed by atoms with E-state index in [2.05, 4.69) is 4.98 Å². The van der Waals surface area contributed by atoms with Crippen molar-refractivity contribution in [2.75, 3.05) is 0 Å². The predicted molar refractivity (Wildman–Crippen MR) is 82.6 cm³/mol. The van der Waals surface area contributed by atoms with Crippen molar-refractivity contribution in [3.63, 3.8) is 0 Å². The lowest BCUT2D eigenvalue weighted by Crippen LogP contribution is -2.40. The molecule has 2 N–H and O–H groups in total. The number of aryl methyl sites for hydroxylation is 2. The van der Waals surface area contributed by atoms with Crippen LogP contribution in [0, 0.1) is 6.92 Å². The van der Waals surface area contributed by atoms with Gasteiger partial charge in [0.05, 0.1) is 0 Å². The molecule has 116 valence electrons. The fourth-order valence-electron chi connectivity index (χ4n) is 2.55. The third kappa shape index (κ3) is 2.42. The van der Waals surface area contributed by atoms with E-state index in [0.29, 0.717) is 36.6 Å². The van der Waals surface area contributed by atoms with E-state index in [4.69, 9.17) is 5.73 Å². The van der Waals surface area contributed by atoms with Crippen molar-refractivity contribution in [3.8, 4) is 0 Å². The molecule has 2 rings (SSSR count). The smallest absolute Gasteiger partial charge is 0.326 e. The number of nitrogens with zero attached hydrogens (tertiary/aromatic N) is 4. The van der Waals surface area contributed by atoms with E-state index in [1.54, 1.807) is 11.5 Å². The molecule has 2 aromatic rings. The first-order chi connectivity index (χ1) is 9.96. The lowest BCUT2D eigenvalue weighted by atomic mass is 10.2. The van der Waals surface area contributed by atoms with E-state index in [1.807, 2.05) is 25.3 Å². The van der Waals surface area contributed by atoms with Crippen LogP contribution in [0.3, 0.4) is 0 Å². The SMILES string of the molecule is CCC(N)Cn1c(C)nc2c1c(=O)n(CC)c(=O)n2CC. The summed E-state index contributed by atoms with van der Waals surface area (Å²) >= 11 is 0. The Labute approximate surface area is 123 Å². The first-order valence-corrected chi connectivity index (χ1v) is 7.42. The second kappa shape index (κ2) is 5.85. The molecule has 7 nitrogen and oxygen atoms in total. The van der Waals surface area contributed by atoms with Crippen LogP contribution in [0.2, 0.25) is 0 Å². The Morgan fingerprint density at radius 1 is 1.10 bits per heavy atom. The van der Waals surface area contributed by atoms with Crippen LogP contribution in [0.1, 0.15) is 33.0 Å². The summed E-state index contributed by atoms with van der Waals surface area (Å²) in [6.07, 6.45) is 0.814. The minimum Gasteiger partial charge on any atom is -0.326 e. The van der Waals surface area contributed by atoms with Gasteiger partial charge in [-0.2, -0.15) is 0 Å². The molecule has 0 spiro atoms. The predicted octanol–water partition coefficient (Wildman–Crippen LogP) is 0.445. The van der Waals surface area contributed by atoms with Gasteiger partial charge in [0.1, 0.15) is 5.82 Å². The average molecular weight is 293 g/mol. The van der Waals surface area contributed by atoms with Crippen LogP contribution >= 0.6 is 0 Å². The van der Waals surface area contributed by atoms with E-state index >= 15 is 0 Å². The van der Waals surface area contributed by atoms with Crippen LogP contribution in [0.5, 0.6) is 0 Å². The Bertz CT molecular complexity index is 768. The van der Waals surface area contributed by atoms with E-state index in [9.17, 15) is 9.59 Å². The molecule has 0 saturated heterocycles. The molecular formula is C14H23N5O2. The Hall–Kier alpha value is -1.89. The molecule has 0 aliphatic heterocycles. The Morgan fingerprint density at radius 2 is 1.71 bits per heavy atom. The van der Waals surface area contributed by atoms with Crippen LogP contribution in [0.15, 0.2) is 9.59 Å². The van der Waals surface area contributed by atoms with Crippen molar-refractivity contribution in [1.82, 2.24) is 18.7 Å². The fraction of sp³-hybridized carbons (Fsp3) is 0.643. The molecule has 0 aliphatic carbocycles. The van der Waals surface area contributed by atoms with Crippen LogP contribution in [-0.4, -0.2) is 24.7 Å². The summed E-state index contributed by atoms with van der Waals surface area (Å²) in [6.45, 7) is 8.86. The van der Waals surface area contributed by atoms with E-state index in [1.165, 1.54) is 4.57 Å². The lowest BCUT2D eigenvalue weighted by molar-refractivity contribution is 0.535. The minimum absolute atomic E-state index is 0.0439. The van der Waals surface area contributed by atoms with Crippen LogP contribution < -0.4 is 17.0 Å². The minimum atomic E-state index is -0.304. The topological polar surface area (TPSA) is 87.8 Å². The van der Waals surface area contributed by atoms with Gasteiger partial charge in [0.2, 0.25) is 0 Å². The first kappa shape index (κ1) is 15.5. The molecule has 2 heterocycles. The maximum atomic E-state index is 12.6. The van der Waals surface area contributed by atoms with Gasteiger partial charge < -0.3 is 10.3 Å². The zero-order valence-electron chi connectivity index (χ0n) is 13.1. The molecule has 0 radical (unpaired) electrons. The van der Waals surface area contributed by atoms with Gasteiger partial charge in [-0.3, -0.25) is 13.9 Å². The number of hydrogen-bond acceptors (Lipinski definition) is 4. The molecule has 21 heavy (non-hydrogen) atoms. The second-order valence-electron chi connectivity index (χ2n) is 5.19. The van der Waals surface area contributed by atoms with Crippen molar-refractivity contribution in [2.24, 2.45) is 5.73 Å². The zero-order valence-corrected chi connectivity index (χ0v) is 13.1. The normalized spacial score (nSPS) is 13.0. The quantitative estimate of drug-likeness (QED) is 0.866. The summed E-state index contributed by atoms with van der Waals surface area (Å²) in [4.78, 5) is 29.3. The van der Waals surface area contributed by atoms with Crippen molar-refractivity contribution in [3.05, 3.63) is 26.7 Å². The number of fused-ring (bicyclic) bond motifs is 1. The second-order valence-corrected chi connectivity index (χ2v) is 5.19. The molecule has 1 unspecified atom stereocenters. The highest BCUT2D eigenvalue weighted by Gasteiger charge is 2.19. The summed E-state index contributed by atoms with van der Waals surface area (Å²) in [7, 11) is 0. The van der Waals surface area contributed by atoms with Gasteiger partial charge in [-0.05, 0) is 27.2 Å². The van der Waals surface area contributed by atoms with Gasteiger partial charge in [0, 0.05) is 25.7 Å². The molecule has 0 fully saturated rings. The third-order valence-corrected chi connectivity index (χ3v) is 3.88. The molecule has 7 heteroatoms. The van der Waals surface area contributed by atoms with Crippen molar-refractivity contribution >= 4 is 11.2 Å². The van der Waals surface area contributed by atoms with Gasteiger partial charge in [-0.25, -0.2) is 9.78 Å². The summed E-state index contributed by atoms with van der Waals surface area (Å²) in [5.41, 5.74) is 6.36. The zero-order chi connectivity index (χ0) is 15.7. The summed E-state index contributed by atoms with van der Waals surface area (Å²) in [5.74, 6) is 0.710. The van der Waals surface area contributed by atoms with Crippen molar-refractivity contribution < 1.29 is 0 Å². The Morgan fingerprint density at radius 3 is 2.24 bits per heavy atom. The fourth-order valence-corrected chi connectivity index (χ4v) is 2.55. The number of aromatic nitrogens is 4. The van der Waals surface area contributed by atoms with Gasteiger partial charge >= 0.3 is 5.69 Å². The molecule has 0 saturated carbocycles. The molecule has 1 atom stereocenters. The number of imidazole rings is 1. The highest BCUT2D eigenvalue weighted by Crippen LogP contribution is 2.12. The Balaban J connectivity index is 2.87. The number of rotatable bonds is 5. The highest BCUT2D eigenvalue weighted by molar-refractivity contribution is 5.71. The maximum absolute atomic E-state index is 12.6.